The van der Waals surface area contributed by atoms with Crippen molar-refractivity contribution in [2.24, 2.45) is 40.4 Å². The van der Waals surface area contributed by atoms with Crippen LogP contribution in [0.1, 0.15) is 71.6 Å². The molecule has 2 N–H and O–H groups in total. The van der Waals surface area contributed by atoms with Gasteiger partial charge in [0.2, 0.25) is 0 Å². The molecule has 24 heavy (non-hydrogen) atoms. The largest absolute Gasteiger partial charge is 0.396 e. The first kappa shape index (κ1) is 17.0. The first-order chi connectivity index (χ1) is 11.4. The summed E-state index contributed by atoms with van der Waals surface area (Å²) in [5.41, 5.74) is 0.135. The predicted molar refractivity (Wildman–Crippen MR) is 93.3 cm³/mol. The van der Waals surface area contributed by atoms with Crippen molar-refractivity contribution in [1.29, 1.82) is 0 Å². The molecule has 0 saturated heterocycles. The Morgan fingerprint density at radius 3 is 2.54 bits per heavy atom. The lowest BCUT2D eigenvalue weighted by Gasteiger charge is -2.61. The van der Waals surface area contributed by atoms with Crippen molar-refractivity contribution in [3.8, 4) is 0 Å². The smallest absolute Gasteiger partial charge is 0.136 e. The molecule has 2 unspecified atom stereocenters. The Hall–Kier alpha value is -0.410. The highest BCUT2D eigenvalue weighted by Gasteiger charge is 2.63. The van der Waals surface area contributed by atoms with E-state index in [2.05, 4.69) is 6.92 Å². The molecule has 0 aromatic heterocycles. The third kappa shape index (κ3) is 2.13. The number of fused-ring (bicyclic) bond motifs is 5. The van der Waals surface area contributed by atoms with Crippen LogP contribution in [0.15, 0.2) is 0 Å². The lowest BCUT2D eigenvalue weighted by Crippen LogP contribution is -2.56. The SMILES string of the molecule is CC(=O)C12CC[C@H]3[C@@H](CC[C@H]4C[C@H](O)CC[C@@]43C)[C@@H]1CCC2CO. The highest BCUT2D eigenvalue weighted by atomic mass is 16.3. The number of aliphatic hydroxyl groups is 2. The zero-order chi connectivity index (χ0) is 17.1. The molecule has 0 aromatic rings. The van der Waals surface area contributed by atoms with Crippen LogP contribution in [0.25, 0.3) is 0 Å². The molecule has 0 heterocycles. The van der Waals surface area contributed by atoms with Crippen LogP contribution in [0.3, 0.4) is 0 Å². The number of hydrogen-bond donors (Lipinski definition) is 2. The molecule has 0 bridgehead atoms. The maximum Gasteiger partial charge on any atom is 0.136 e. The summed E-state index contributed by atoms with van der Waals surface area (Å²) in [4.78, 5) is 12.7. The van der Waals surface area contributed by atoms with Crippen LogP contribution in [0, 0.1) is 40.4 Å². The second-order valence-electron chi connectivity index (χ2n) is 9.68. The molecule has 8 atom stereocenters. The Morgan fingerprint density at radius 2 is 1.83 bits per heavy atom. The molecular weight excluding hydrogens is 300 g/mol. The van der Waals surface area contributed by atoms with Crippen LogP contribution in [-0.2, 0) is 4.79 Å². The highest BCUT2D eigenvalue weighted by molar-refractivity contribution is 5.83. The van der Waals surface area contributed by atoms with Gasteiger partial charge >= 0.3 is 0 Å². The fourth-order valence-corrected chi connectivity index (χ4v) is 8.00. The number of rotatable bonds is 2. The van der Waals surface area contributed by atoms with Gasteiger partial charge in [-0.15, -0.1) is 0 Å². The van der Waals surface area contributed by atoms with Gasteiger partial charge in [0, 0.05) is 12.0 Å². The van der Waals surface area contributed by atoms with Crippen LogP contribution in [0.2, 0.25) is 0 Å². The van der Waals surface area contributed by atoms with Gasteiger partial charge in [-0.2, -0.15) is 0 Å². The van der Waals surface area contributed by atoms with E-state index in [0.717, 1.165) is 50.9 Å². The summed E-state index contributed by atoms with van der Waals surface area (Å²) in [5.74, 6) is 3.08. The molecule has 0 radical (unpaired) electrons. The maximum atomic E-state index is 12.7. The minimum absolute atomic E-state index is 0.0928. The number of hydrogen-bond acceptors (Lipinski definition) is 3. The van der Waals surface area contributed by atoms with E-state index in [1.165, 1.54) is 12.8 Å². The van der Waals surface area contributed by atoms with Gasteiger partial charge < -0.3 is 10.2 Å². The molecule has 4 aliphatic carbocycles. The number of ketones is 1. The maximum absolute atomic E-state index is 12.7. The number of carbonyl (C=O) groups excluding carboxylic acids is 1. The second-order valence-corrected chi connectivity index (χ2v) is 9.68. The number of carbonyl (C=O) groups is 1. The summed E-state index contributed by atoms with van der Waals surface area (Å²) in [6.45, 7) is 4.45. The minimum Gasteiger partial charge on any atom is -0.396 e. The van der Waals surface area contributed by atoms with Gasteiger partial charge in [-0.3, -0.25) is 4.79 Å². The number of Topliss-reactive ketones (excluding diaryl/α,β-unsaturated/α-hetero) is 1. The fourth-order valence-electron chi connectivity index (χ4n) is 8.00. The topological polar surface area (TPSA) is 57.5 Å². The van der Waals surface area contributed by atoms with Crippen molar-refractivity contribution in [3.05, 3.63) is 0 Å². The van der Waals surface area contributed by atoms with Crippen molar-refractivity contribution in [2.75, 3.05) is 6.61 Å². The molecule has 0 aliphatic heterocycles. The van der Waals surface area contributed by atoms with E-state index in [0.29, 0.717) is 29.0 Å². The van der Waals surface area contributed by atoms with Gasteiger partial charge in [0.25, 0.3) is 0 Å². The van der Waals surface area contributed by atoms with Gasteiger partial charge in [0.15, 0.2) is 0 Å². The minimum atomic E-state index is -0.229. The van der Waals surface area contributed by atoms with Crippen molar-refractivity contribution in [1.82, 2.24) is 0 Å². The quantitative estimate of drug-likeness (QED) is 0.812. The van der Waals surface area contributed by atoms with Gasteiger partial charge in [-0.25, -0.2) is 0 Å². The van der Waals surface area contributed by atoms with Crippen LogP contribution < -0.4 is 0 Å². The molecule has 0 spiro atoms. The van der Waals surface area contributed by atoms with Gasteiger partial charge in [0.1, 0.15) is 5.78 Å². The van der Waals surface area contributed by atoms with Crippen molar-refractivity contribution >= 4 is 5.78 Å². The van der Waals surface area contributed by atoms with Crippen molar-refractivity contribution < 1.29 is 15.0 Å². The van der Waals surface area contributed by atoms with Crippen LogP contribution in [-0.4, -0.2) is 28.7 Å². The summed E-state index contributed by atoms with van der Waals surface area (Å²) in [5, 5.41) is 20.0. The predicted octanol–water partition coefficient (Wildman–Crippen LogP) is 3.57. The Morgan fingerprint density at radius 1 is 1.04 bits per heavy atom. The summed E-state index contributed by atoms with van der Waals surface area (Å²) < 4.78 is 0. The van der Waals surface area contributed by atoms with E-state index in [1.807, 2.05) is 0 Å². The first-order valence-corrected chi connectivity index (χ1v) is 10.2. The van der Waals surface area contributed by atoms with Crippen LogP contribution in [0.4, 0.5) is 0 Å². The summed E-state index contributed by atoms with van der Waals surface area (Å²) in [7, 11) is 0. The molecule has 3 heteroatoms. The molecule has 4 rings (SSSR count). The van der Waals surface area contributed by atoms with Crippen LogP contribution in [0.5, 0.6) is 0 Å². The number of aliphatic hydroxyl groups excluding tert-OH is 2. The fraction of sp³-hybridized carbons (Fsp3) is 0.952. The van der Waals surface area contributed by atoms with Crippen molar-refractivity contribution in [3.63, 3.8) is 0 Å². The Bertz CT molecular complexity index is 517. The third-order valence-electron chi connectivity index (χ3n) is 9.20. The summed E-state index contributed by atoms with van der Waals surface area (Å²) >= 11 is 0. The molecule has 4 fully saturated rings. The van der Waals surface area contributed by atoms with Gasteiger partial charge in [0.05, 0.1) is 6.10 Å². The second kappa shape index (κ2) is 5.81. The molecule has 4 aliphatic rings. The zero-order valence-corrected chi connectivity index (χ0v) is 15.3. The van der Waals surface area contributed by atoms with Gasteiger partial charge in [-0.05, 0) is 99.7 Å². The highest BCUT2D eigenvalue weighted by Crippen LogP contribution is 2.67. The normalized spacial score (nSPS) is 53.8. The monoisotopic (exact) mass is 334 g/mol. The van der Waals surface area contributed by atoms with Crippen molar-refractivity contribution in [2.45, 2.75) is 77.7 Å². The molecule has 4 saturated carbocycles. The average Bonchev–Trinajstić information content (AvgIpc) is 2.95. The van der Waals surface area contributed by atoms with E-state index in [9.17, 15) is 15.0 Å². The van der Waals surface area contributed by atoms with E-state index < -0.39 is 0 Å². The molecular formula is C21H34O3. The molecule has 0 amide bonds. The average molecular weight is 335 g/mol. The summed E-state index contributed by atoms with van der Waals surface area (Å²) in [6.07, 6.45) is 9.77. The van der Waals surface area contributed by atoms with Gasteiger partial charge in [-0.1, -0.05) is 6.92 Å². The lowest BCUT2D eigenvalue weighted by atomic mass is 9.44. The van der Waals surface area contributed by atoms with Crippen LogP contribution >= 0.6 is 0 Å². The zero-order valence-electron chi connectivity index (χ0n) is 15.3. The first-order valence-electron chi connectivity index (χ1n) is 10.2. The Kier molecular flexibility index (Phi) is 4.12. The molecule has 3 nitrogen and oxygen atoms in total. The third-order valence-corrected chi connectivity index (χ3v) is 9.20. The van der Waals surface area contributed by atoms with E-state index in [1.54, 1.807) is 6.92 Å². The molecule has 136 valence electrons. The Labute approximate surface area is 146 Å². The Balaban J connectivity index is 1.66. The van der Waals surface area contributed by atoms with E-state index in [4.69, 9.17) is 0 Å². The standard InChI is InChI=1S/C21H34O3/c1-13(23)21-10-8-18-17(19(21)6-4-15(21)12-22)5-3-14-11-16(24)7-9-20(14,18)2/h14-19,22,24H,3-12H2,1-2H3/t14-,15?,16+,17+,18-,19-,20-,21?/m0/s1. The molecule has 0 aromatic carbocycles. The summed E-state index contributed by atoms with van der Waals surface area (Å²) in [6, 6.07) is 0. The van der Waals surface area contributed by atoms with E-state index in [-0.39, 0.29) is 24.0 Å². The van der Waals surface area contributed by atoms with E-state index >= 15 is 0 Å². The lowest BCUT2D eigenvalue weighted by molar-refractivity contribution is -0.155.